The molecule has 0 saturated carbocycles. The topological polar surface area (TPSA) is 76.2 Å². The number of hydrogen-bond donors (Lipinski definition) is 1. The van der Waals surface area contributed by atoms with Gasteiger partial charge in [-0.3, -0.25) is 4.79 Å². The first kappa shape index (κ1) is 18.3. The van der Waals surface area contributed by atoms with E-state index in [1.165, 1.54) is 5.56 Å². The molecule has 1 atom stereocenters. The van der Waals surface area contributed by atoms with Gasteiger partial charge in [0.1, 0.15) is 5.76 Å². The number of fused-ring (bicyclic) bond motifs is 1. The number of aryl methyl sites for hydroxylation is 1. The van der Waals surface area contributed by atoms with E-state index in [9.17, 15) is 4.79 Å². The predicted octanol–water partition coefficient (Wildman–Crippen LogP) is 3.71. The van der Waals surface area contributed by atoms with Crippen molar-refractivity contribution >= 4 is 17.4 Å². The SMILES string of the molecule is CCc1ccccc1Nc1noc2c1CN(C(=O)C[C@@H](C)n1ccnc1)CC2. The van der Waals surface area contributed by atoms with Gasteiger partial charge in [0.05, 0.1) is 18.4 Å². The Labute approximate surface area is 164 Å². The van der Waals surface area contributed by atoms with E-state index >= 15 is 0 Å². The van der Waals surface area contributed by atoms with Crippen LogP contribution in [0.25, 0.3) is 0 Å². The fraction of sp³-hybridized carbons (Fsp3) is 0.381. The molecule has 0 saturated heterocycles. The van der Waals surface area contributed by atoms with Crippen LogP contribution in [0.15, 0.2) is 47.5 Å². The average molecular weight is 379 g/mol. The lowest BCUT2D eigenvalue weighted by Gasteiger charge is -2.27. The molecule has 1 amide bonds. The number of amides is 1. The van der Waals surface area contributed by atoms with Crippen molar-refractivity contribution < 1.29 is 9.32 Å². The Morgan fingerprint density at radius 2 is 2.21 bits per heavy atom. The zero-order valence-corrected chi connectivity index (χ0v) is 16.3. The van der Waals surface area contributed by atoms with Crippen LogP contribution in [-0.4, -0.2) is 32.1 Å². The number of hydrogen-bond acceptors (Lipinski definition) is 5. The summed E-state index contributed by atoms with van der Waals surface area (Å²) in [5.41, 5.74) is 3.22. The zero-order valence-electron chi connectivity index (χ0n) is 16.3. The summed E-state index contributed by atoms with van der Waals surface area (Å²) in [5.74, 6) is 1.70. The third kappa shape index (κ3) is 3.65. The fourth-order valence-corrected chi connectivity index (χ4v) is 3.62. The summed E-state index contributed by atoms with van der Waals surface area (Å²) in [6, 6.07) is 8.25. The van der Waals surface area contributed by atoms with Crippen molar-refractivity contribution in [2.24, 2.45) is 0 Å². The van der Waals surface area contributed by atoms with E-state index in [2.05, 4.69) is 28.4 Å². The summed E-state index contributed by atoms with van der Waals surface area (Å²) >= 11 is 0. The number of imidazole rings is 1. The van der Waals surface area contributed by atoms with Gasteiger partial charge in [-0.15, -0.1) is 0 Å². The predicted molar refractivity (Wildman–Crippen MR) is 106 cm³/mol. The maximum Gasteiger partial charge on any atom is 0.224 e. The van der Waals surface area contributed by atoms with Gasteiger partial charge in [-0.1, -0.05) is 30.3 Å². The molecule has 28 heavy (non-hydrogen) atoms. The second kappa shape index (κ2) is 7.88. The molecule has 0 fully saturated rings. The lowest BCUT2D eigenvalue weighted by Crippen LogP contribution is -2.36. The molecule has 7 heteroatoms. The first-order valence-electron chi connectivity index (χ1n) is 9.73. The summed E-state index contributed by atoms with van der Waals surface area (Å²) in [6.07, 6.45) is 7.43. The van der Waals surface area contributed by atoms with E-state index in [1.54, 1.807) is 12.5 Å². The molecule has 3 aromatic rings. The molecule has 0 unspecified atom stereocenters. The number of aromatic nitrogens is 3. The molecule has 146 valence electrons. The molecule has 7 nitrogen and oxygen atoms in total. The minimum atomic E-state index is 0.0768. The maximum atomic E-state index is 12.8. The summed E-state index contributed by atoms with van der Waals surface area (Å²) in [7, 11) is 0. The quantitative estimate of drug-likeness (QED) is 0.706. The van der Waals surface area contributed by atoms with Crippen molar-refractivity contribution in [3.63, 3.8) is 0 Å². The highest BCUT2D eigenvalue weighted by Crippen LogP contribution is 2.30. The first-order chi connectivity index (χ1) is 13.7. The number of nitrogens with one attached hydrogen (secondary N) is 1. The minimum absolute atomic E-state index is 0.0768. The van der Waals surface area contributed by atoms with Crippen molar-refractivity contribution in [1.82, 2.24) is 19.6 Å². The van der Waals surface area contributed by atoms with E-state index in [1.807, 2.05) is 40.8 Å². The Morgan fingerprint density at radius 1 is 1.36 bits per heavy atom. The summed E-state index contributed by atoms with van der Waals surface area (Å²) in [6.45, 7) is 5.33. The molecular formula is C21H25N5O2. The third-order valence-electron chi connectivity index (χ3n) is 5.34. The zero-order chi connectivity index (χ0) is 19.5. The average Bonchev–Trinajstić information content (AvgIpc) is 3.38. The van der Waals surface area contributed by atoms with Gasteiger partial charge < -0.3 is 19.3 Å². The Balaban J connectivity index is 1.47. The molecular weight excluding hydrogens is 354 g/mol. The summed E-state index contributed by atoms with van der Waals surface area (Å²) < 4.78 is 7.50. The van der Waals surface area contributed by atoms with Gasteiger partial charge in [0.25, 0.3) is 0 Å². The molecule has 2 aromatic heterocycles. The standard InChI is InChI=1S/C21H25N5O2/c1-3-16-6-4-5-7-18(16)23-21-17-13-25(10-8-19(17)28-24-21)20(27)12-15(2)26-11-9-22-14-26/h4-7,9,11,14-15H,3,8,10,12-13H2,1-2H3,(H,23,24)/t15-/m1/s1. The molecule has 1 aromatic carbocycles. The molecule has 1 aliphatic rings. The number of carbonyl (C=O) groups is 1. The highest BCUT2D eigenvalue weighted by Gasteiger charge is 2.28. The second-order valence-corrected chi connectivity index (χ2v) is 7.20. The van der Waals surface area contributed by atoms with Crippen LogP contribution in [0, 0.1) is 0 Å². The molecule has 1 aliphatic heterocycles. The third-order valence-corrected chi connectivity index (χ3v) is 5.34. The van der Waals surface area contributed by atoms with Gasteiger partial charge in [-0.25, -0.2) is 4.98 Å². The van der Waals surface area contributed by atoms with Crippen LogP contribution in [0.5, 0.6) is 0 Å². The molecule has 3 heterocycles. The number of anilines is 2. The smallest absolute Gasteiger partial charge is 0.224 e. The fourth-order valence-electron chi connectivity index (χ4n) is 3.62. The van der Waals surface area contributed by atoms with Crippen LogP contribution >= 0.6 is 0 Å². The summed E-state index contributed by atoms with van der Waals surface area (Å²) in [4.78, 5) is 18.8. The van der Waals surface area contributed by atoms with E-state index in [0.717, 1.165) is 23.4 Å². The highest BCUT2D eigenvalue weighted by atomic mass is 16.5. The van der Waals surface area contributed by atoms with E-state index in [-0.39, 0.29) is 11.9 Å². The Bertz CT molecular complexity index is 948. The Hall–Kier alpha value is -3.09. The summed E-state index contributed by atoms with van der Waals surface area (Å²) in [5, 5.41) is 7.63. The second-order valence-electron chi connectivity index (χ2n) is 7.20. The van der Waals surface area contributed by atoms with Crippen LogP contribution in [0.4, 0.5) is 11.5 Å². The monoisotopic (exact) mass is 379 g/mol. The number of rotatable bonds is 6. The van der Waals surface area contributed by atoms with Crippen molar-refractivity contribution in [3.8, 4) is 0 Å². The lowest BCUT2D eigenvalue weighted by atomic mass is 10.1. The Morgan fingerprint density at radius 3 is 3.00 bits per heavy atom. The van der Waals surface area contributed by atoms with E-state index in [4.69, 9.17) is 4.52 Å². The van der Waals surface area contributed by atoms with Crippen LogP contribution in [0.2, 0.25) is 0 Å². The number of benzene rings is 1. The van der Waals surface area contributed by atoms with Gasteiger partial charge in [0.2, 0.25) is 5.91 Å². The van der Waals surface area contributed by atoms with Crippen LogP contribution in [0.1, 0.15) is 43.2 Å². The molecule has 0 bridgehead atoms. The molecule has 0 aliphatic carbocycles. The number of carbonyl (C=O) groups excluding carboxylic acids is 1. The van der Waals surface area contributed by atoms with Crippen LogP contribution in [-0.2, 0) is 24.2 Å². The van der Waals surface area contributed by atoms with Crippen molar-refractivity contribution in [3.05, 3.63) is 59.9 Å². The molecule has 0 radical (unpaired) electrons. The number of para-hydroxylation sites is 1. The first-order valence-corrected chi connectivity index (χ1v) is 9.73. The maximum absolute atomic E-state index is 12.8. The van der Waals surface area contributed by atoms with Gasteiger partial charge in [0, 0.05) is 43.5 Å². The van der Waals surface area contributed by atoms with Crippen molar-refractivity contribution in [2.75, 3.05) is 11.9 Å². The van der Waals surface area contributed by atoms with Crippen LogP contribution in [0.3, 0.4) is 0 Å². The van der Waals surface area contributed by atoms with Gasteiger partial charge in [-0.2, -0.15) is 0 Å². The molecule has 4 rings (SSSR count). The minimum Gasteiger partial charge on any atom is -0.359 e. The Kier molecular flexibility index (Phi) is 5.14. The van der Waals surface area contributed by atoms with E-state index in [0.29, 0.717) is 31.7 Å². The normalized spacial score (nSPS) is 14.6. The molecule has 0 spiro atoms. The van der Waals surface area contributed by atoms with Crippen molar-refractivity contribution in [1.29, 1.82) is 0 Å². The number of nitrogens with zero attached hydrogens (tertiary/aromatic N) is 4. The highest BCUT2D eigenvalue weighted by molar-refractivity contribution is 5.77. The largest absolute Gasteiger partial charge is 0.359 e. The van der Waals surface area contributed by atoms with Gasteiger partial charge in [-0.05, 0) is 25.0 Å². The molecule has 1 N–H and O–H groups in total. The lowest BCUT2D eigenvalue weighted by molar-refractivity contribution is -0.132. The van der Waals surface area contributed by atoms with Crippen molar-refractivity contribution in [2.45, 2.75) is 45.7 Å². The van der Waals surface area contributed by atoms with Gasteiger partial charge in [0.15, 0.2) is 5.82 Å². The van der Waals surface area contributed by atoms with E-state index < -0.39 is 0 Å². The van der Waals surface area contributed by atoms with Crippen LogP contribution < -0.4 is 5.32 Å². The van der Waals surface area contributed by atoms with Gasteiger partial charge >= 0.3 is 0 Å².